The maximum atomic E-state index is 13.0. The zero-order valence-electron chi connectivity index (χ0n) is 20.3. The highest BCUT2D eigenvalue weighted by molar-refractivity contribution is 5.76. The predicted molar refractivity (Wildman–Crippen MR) is 132 cm³/mol. The number of fused-ring (bicyclic) bond motifs is 1. The number of piperidine rings is 1. The molecule has 0 N–H and O–H groups in total. The summed E-state index contributed by atoms with van der Waals surface area (Å²) in [4.78, 5) is 17.2. The summed E-state index contributed by atoms with van der Waals surface area (Å²) in [5.74, 6) is 1.47. The first-order chi connectivity index (χ1) is 16.5. The maximum Gasteiger partial charge on any atom is 0.225 e. The lowest BCUT2D eigenvalue weighted by atomic mass is 9.73. The van der Waals surface area contributed by atoms with E-state index in [4.69, 9.17) is 9.47 Å². The third-order valence-corrected chi connectivity index (χ3v) is 7.29. The Bertz CT molecular complexity index is 926. The van der Waals surface area contributed by atoms with E-state index in [1.165, 1.54) is 30.5 Å². The molecule has 0 atom stereocenters. The molecule has 2 aliphatic heterocycles. The fourth-order valence-corrected chi connectivity index (χ4v) is 5.29. The molecular weight excluding hydrogens is 431 g/mol. The summed E-state index contributed by atoms with van der Waals surface area (Å²) in [6, 6.07) is 14.3. The molecular formula is C28H37FN2O3. The highest BCUT2D eigenvalue weighted by Gasteiger charge is 2.36. The van der Waals surface area contributed by atoms with E-state index in [-0.39, 0.29) is 17.1 Å². The van der Waals surface area contributed by atoms with Crippen molar-refractivity contribution in [2.75, 3.05) is 46.4 Å². The highest BCUT2D eigenvalue weighted by atomic mass is 19.1. The van der Waals surface area contributed by atoms with Crippen LogP contribution in [0.25, 0.3) is 0 Å². The molecule has 34 heavy (non-hydrogen) atoms. The second-order valence-corrected chi connectivity index (χ2v) is 9.83. The molecule has 1 fully saturated rings. The van der Waals surface area contributed by atoms with Gasteiger partial charge in [-0.05, 0) is 80.5 Å². The number of hydrogen-bond acceptors (Lipinski definition) is 4. The minimum atomic E-state index is -0.291. The maximum absolute atomic E-state index is 13.0. The molecule has 1 amide bonds. The van der Waals surface area contributed by atoms with E-state index < -0.39 is 0 Å². The molecule has 2 aliphatic rings. The van der Waals surface area contributed by atoms with Crippen molar-refractivity contribution < 1.29 is 18.7 Å². The van der Waals surface area contributed by atoms with Gasteiger partial charge in [-0.15, -0.1) is 0 Å². The van der Waals surface area contributed by atoms with Crippen LogP contribution in [-0.4, -0.2) is 62.1 Å². The van der Waals surface area contributed by atoms with Gasteiger partial charge in [0.05, 0.1) is 13.0 Å². The fraction of sp³-hybridized carbons (Fsp3) is 0.536. The van der Waals surface area contributed by atoms with Gasteiger partial charge in [-0.1, -0.05) is 24.6 Å². The highest BCUT2D eigenvalue weighted by Crippen LogP contribution is 2.38. The van der Waals surface area contributed by atoms with Crippen molar-refractivity contribution >= 4 is 5.91 Å². The van der Waals surface area contributed by atoms with Crippen molar-refractivity contribution in [1.82, 2.24) is 9.80 Å². The van der Waals surface area contributed by atoms with Crippen molar-refractivity contribution in [2.24, 2.45) is 5.41 Å². The number of carbonyl (C=O) groups is 1. The van der Waals surface area contributed by atoms with Crippen molar-refractivity contribution in [3.63, 3.8) is 0 Å². The first-order valence-electron chi connectivity index (χ1n) is 12.6. The molecule has 0 aliphatic carbocycles. The number of aryl methyl sites for hydroxylation is 1. The molecule has 1 saturated heterocycles. The van der Waals surface area contributed by atoms with E-state index in [2.05, 4.69) is 30.1 Å². The Labute approximate surface area is 202 Å². The van der Waals surface area contributed by atoms with E-state index in [0.29, 0.717) is 25.4 Å². The quantitative estimate of drug-likeness (QED) is 0.637. The van der Waals surface area contributed by atoms with Gasteiger partial charge >= 0.3 is 0 Å². The molecule has 184 valence electrons. The molecule has 1 spiro atoms. The molecule has 6 heteroatoms. The van der Waals surface area contributed by atoms with Crippen molar-refractivity contribution in [3.8, 4) is 11.5 Å². The van der Waals surface area contributed by atoms with Gasteiger partial charge in [0.2, 0.25) is 5.91 Å². The summed E-state index contributed by atoms with van der Waals surface area (Å²) in [7, 11) is 2.19. The largest absolute Gasteiger partial charge is 0.493 e. The lowest BCUT2D eigenvalue weighted by Gasteiger charge is -2.44. The van der Waals surface area contributed by atoms with Crippen LogP contribution in [0.5, 0.6) is 11.5 Å². The summed E-state index contributed by atoms with van der Waals surface area (Å²) in [5.41, 5.74) is 1.57. The van der Waals surface area contributed by atoms with E-state index in [0.717, 1.165) is 57.6 Å². The molecule has 0 unspecified atom stereocenters. The van der Waals surface area contributed by atoms with Crippen LogP contribution < -0.4 is 9.47 Å². The second-order valence-electron chi connectivity index (χ2n) is 9.83. The fourth-order valence-electron chi connectivity index (χ4n) is 5.29. The Morgan fingerprint density at radius 3 is 2.59 bits per heavy atom. The third-order valence-electron chi connectivity index (χ3n) is 7.29. The third kappa shape index (κ3) is 6.72. The average molecular weight is 469 g/mol. The number of amides is 1. The number of nitrogens with zero attached hydrogens (tertiary/aromatic N) is 2. The predicted octanol–water partition coefficient (Wildman–Crippen LogP) is 4.94. The van der Waals surface area contributed by atoms with E-state index >= 15 is 0 Å². The van der Waals surface area contributed by atoms with Crippen LogP contribution in [-0.2, 0) is 11.2 Å². The molecule has 4 rings (SSSR count). The average Bonchev–Trinajstić information content (AvgIpc) is 2.83. The number of halogens is 1. The number of rotatable bonds is 4. The van der Waals surface area contributed by atoms with Crippen molar-refractivity contribution in [3.05, 3.63) is 59.9 Å². The topological polar surface area (TPSA) is 42.0 Å². The number of carbonyl (C=O) groups excluding carboxylic acids is 1. The molecule has 0 radical (unpaired) electrons. The number of ether oxygens (including phenoxy) is 2. The number of likely N-dealkylation sites (tertiary alicyclic amines) is 1. The zero-order valence-corrected chi connectivity index (χ0v) is 20.3. The Morgan fingerprint density at radius 2 is 1.79 bits per heavy atom. The second kappa shape index (κ2) is 11.7. The Kier molecular flexibility index (Phi) is 8.44. The Balaban J connectivity index is 1.28. The lowest BCUT2D eigenvalue weighted by Crippen LogP contribution is -2.48. The van der Waals surface area contributed by atoms with E-state index in [9.17, 15) is 9.18 Å². The van der Waals surface area contributed by atoms with Gasteiger partial charge in [0.1, 0.15) is 23.9 Å². The van der Waals surface area contributed by atoms with Crippen LogP contribution >= 0.6 is 0 Å². The number of hydrogen-bond donors (Lipinski definition) is 0. The van der Waals surface area contributed by atoms with Crippen LogP contribution in [0, 0.1) is 11.2 Å². The Hall–Kier alpha value is -2.60. The monoisotopic (exact) mass is 468 g/mol. The SMILES string of the molecule is CN1CCOc2ccccc2CCCCC2(CCN(C(=O)CCOc3ccc(F)cc3)CC2)C1. The van der Waals surface area contributed by atoms with Crippen LogP contribution in [0.2, 0.25) is 0 Å². The van der Waals surface area contributed by atoms with Crippen LogP contribution in [0.4, 0.5) is 4.39 Å². The normalized spacial score (nSPS) is 19.4. The summed E-state index contributed by atoms with van der Waals surface area (Å²) >= 11 is 0. The zero-order chi connectivity index (χ0) is 23.8. The lowest BCUT2D eigenvalue weighted by molar-refractivity contribution is -0.134. The van der Waals surface area contributed by atoms with Crippen LogP contribution in [0.15, 0.2) is 48.5 Å². The van der Waals surface area contributed by atoms with Crippen LogP contribution in [0.3, 0.4) is 0 Å². The number of likely N-dealkylation sites (N-methyl/N-ethyl adjacent to an activating group) is 1. The Morgan fingerprint density at radius 1 is 1.03 bits per heavy atom. The van der Waals surface area contributed by atoms with Gasteiger partial charge < -0.3 is 19.3 Å². The molecule has 0 saturated carbocycles. The van der Waals surface area contributed by atoms with Gasteiger partial charge in [0.25, 0.3) is 0 Å². The molecule has 2 aromatic rings. The smallest absolute Gasteiger partial charge is 0.225 e. The van der Waals surface area contributed by atoms with Gasteiger partial charge in [-0.25, -0.2) is 4.39 Å². The molecule has 5 nitrogen and oxygen atoms in total. The summed E-state index contributed by atoms with van der Waals surface area (Å²) in [6.45, 7) is 4.58. The minimum Gasteiger partial charge on any atom is -0.493 e. The molecule has 2 aromatic carbocycles. The summed E-state index contributed by atoms with van der Waals surface area (Å²) < 4.78 is 24.7. The number of para-hydroxylation sites is 1. The summed E-state index contributed by atoms with van der Waals surface area (Å²) in [5, 5.41) is 0. The first-order valence-corrected chi connectivity index (χ1v) is 12.6. The first kappa shape index (κ1) is 24.5. The van der Waals surface area contributed by atoms with Gasteiger partial charge in [0, 0.05) is 26.2 Å². The van der Waals surface area contributed by atoms with E-state index in [1.54, 1.807) is 12.1 Å². The standard InChI is InChI=1S/C28H37FN2O3/c1-30-19-21-34-26-8-3-2-6-23(26)7-4-5-14-28(22-30)15-17-31(18-16-28)27(32)13-20-33-25-11-9-24(29)10-12-25/h2-3,6,8-12H,4-5,7,13-22H2,1H3. The van der Waals surface area contributed by atoms with Gasteiger partial charge in [0.15, 0.2) is 0 Å². The minimum absolute atomic E-state index is 0.142. The molecule has 2 heterocycles. The molecule has 0 bridgehead atoms. The molecule has 0 aromatic heterocycles. The van der Waals surface area contributed by atoms with Gasteiger partial charge in [-0.3, -0.25) is 4.79 Å². The van der Waals surface area contributed by atoms with Crippen molar-refractivity contribution in [2.45, 2.75) is 44.9 Å². The number of benzene rings is 2. The van der Waals surface area contributed by atoms with Gasteiger partial charge in [-0.2, -0.15) is 0 Å². The van der Waals surface area contributed by atoms with Crippen LogP contribution in [0.1, 0.15) is 44.1 Å². The summed E-state index contributed by atoms with van der Waals surface area (Å²) in [6.07, 6.45) is 7.05. The van der Waals surface area contributed by atoms with E-state index in [1.807, 2.05) is 11.0 Å². The van der Waals surface area contributed by atoms with Crippen molar-refractivity contribution in [1.29, 1.82) is 0 Å².